The predicted octanol–water partition coefficient (Wildman–Crippen LogP) is 3.22. The first kappa shape index (κ1) is 19.9. The molecule has 0 saturated carbocycles. The van der Waals surface area contributed by atoms with Crippen LogP contribution in [0.4, 0.5) is 5.69 Å². The second-order valence-corrected chi connectivity index (χ2v) is 5.68. The van der Waals surface area contributed by atoms with Gasteiger partial charge in [-0.1, -0.05) is 23.7 Å². The zero-order valence-electron chi connectivity index (χ0n) is 14.6. The van der Waals surface area contributed by atoms with Gasteiger partial charge in [-0.05, 0) is 42.8 Å². The smallest absolute Gasteiger partial charge is 0.349 e. The number of rotatable bonds is 6. The van der Waals surface area contributed by atoms with Crippen molar-refractivity contribution in [2.75, 3.05) is 12.4 Å². The number of aromatic nitrogens is 1. The summed E-state index contributed by atoms with van der Waals surface area (Å²) in [5.74, 6) is -0.937. The monoisotopic (exact) mass is 385 g/mol. The number of carbonyl (C=O) groups excluding carboxylic acids is 2. The minimum atomic E-state index is -1.14. The van der Waals surface area contributed by atoms with Gasteiger partial charge in [0, 0.05) is 6.20 Å². The second-order valence-electron chi connectivity index (χ2n) is 5.32. The Morgan fingerprint density at radius 3 is 2.78 bits per heavy atom. The second kappa shape index (κ2) is 9.36. The van der Waals surface area contributed by atoms with Crippen molar-refractivity contribution in [2.45, 2.75) is 13.0 Å². The SMILES string of the molecule is COc1cccc(/C=C(\C#N)C(=O)O[C@@H](C)C(=O)Nc2cccnc2Cl)c1. The van der Waals surface area contributed by atoms with E-state index in [0.717, 1.165) is 0 Å². The molecule has 7 nitrogen and oxygen atoms in total. The highest BCUT2D eigenvalue weighted by atomic mass is 35.5. The fourth-order valence-corrected chi connectivity index (χ4v) is 2.19. The first-order valence-corrected chi connectivity index (χ1v) is 8.20. The van der Waals surface area contributed by atoms with Crippen LogP contribution in [0.1, 0.15) is 12.5 Å². The van der Waals surface area contributed by atoms with Crippen molar-refractivity contribution in [3.63, 3.8) is 0 Å². The molecule has 1 aromatic heterocycles. The van der Waals surface area contributed by atoms with Crippen LogP contribution in [-0.4, -0.2) is 30.1 Å². The van der Waals surface area contributed by atoms with Crippen LogP contribution in [0, 0.1) is 11.3 Å². The van der Waals surface area contributed by atoms with Crippen molar-refractivity contribution in [2.24, 2.45) is 0 Å². The number of amides is 1. The van der Waals surface area contributed by atoms with E-state index < -0.39 is 18.0 Å². The van der Waals surface area contributed by atoms with Crippen LogP contribution in [-0.2, 0) is 14.3 Å². The number of methoxy groups -OCH3 is 1. The first-order chi connectivity index (χ1) is 12.9. The fourth-order valence-electron chi connectivity index (χ4n) is 2.03. The summed E-state index contributed by atoms with van der Waals surface area (Å²) in [4.78, 5) is 28.2. The summed E-state index contributed by atoms with van der Waals surface area (Å²) >= 11 is 5.87. The van der Waals surface area contributed by atoms with Gasteiger partial charge >= 0.3 is 5.97 Å². The molecule has 0 radical (unpaired) electrons. The molecule has 1 amide bonds. The maximum absolute atomic E-state index is 12.2. The maximum atomic E-state index is 12.2. The molecular weight excluding hydrogens is 370 g/mol. The summed E-state index contributed by atoms with van der Waals surface area (Å²) in [6.07, 6.45) is 1.69. The molecule has 0 aliphatic rings. The zero-order valence-corrected chi connectivity index (χ0v) is 15.4. The van der Waals surface area contributed by atoms with E-state index in [2.05, 4.69) is 10.3 Å². The predicted molar refractivity (Wildman–Crippen MR) is 100 cm³/mol. The molecule has 2 rings (SSSR count). The Morgan fingerprint density at radius 1 is 1.33 bits per heavy atom. The number of halogens is 1. The molecule has 2 aromatic rings. The normalized spacial score (nSPS) is 11.9. The Kier molecular flexibility index (Phi) is 6.92. The highest BCUT2D eigenvalue weighted by molar-refractivity contribution is 6.32. The van der Waals surface area contributed by atoms with Crippen LogP contribution in [0.15, 0.2) is 48.2 Å². The summed E-state index contributed by atoms with van der Waals surface area (Å²) < 4.78 is 10.2. The Balaban J connectivity index is 2.07. The Bertz CT molecular complexity index is 921. The summed E-state index contributed by atoms with van der Waals surface area (Å²) in [6.45, 7) is 1.39. The van der Waals surface area contributed by atoms with Crippen molar-refractivity contribution in [3.05, 3.63) is 58.9 Å². The highest BCUT2D eigenvalue weighted by Gasteiger charge is 2.21. The van der Waals surface area contributed by atoms with E-state index in [1.54, 1.807) is 42.5 Å². The minimum absolute atomic E-state index is 0.111. The molecule has 1 heterocycles. The molecule has 1 N–H and O–H groups in total. The molecule has 138 valence electrons. The van der Waals surface area contributed by atoms with Crippen molar-refractivity contribution in [1.82, 2.24) is 4.98 Å². The van der Waals surface area contributed by atoms with E-state index >= 15 is 0 Å². The number of esters is 1. The molecule has 8 heteroatoms. The lowest BCUT2D eigenvalue weighted by molar-refractivity contribution is -0.148. The third-order valence-corrected chi connectivity index (χ3v) is 3.72. The van der Waals surface area contributed by atoms with Crippen molar-refractivity contribution < 1.29 is 19.1 Å². The van der Waals surface area contributed by atoms with Gasteiger partial charge in [0.05, 0.1) is 12.8 Å². The lowest BCUT2D eigenvalue weighted by Gasteiger charge is -2.13. The maximum Gasteiger partial charge on any atom is 0.349 e. The summed E-state index contributed by atoms with van der Waals surface area (Å²) in [5, 5.41) is 11.8. The van der Waals surface area contributed by atoms with Crippen molar-refractivity contribution in [3.8, 4) is 11.8 Å². The molecule has 0 fully saturated rings. The molecule has 0 aliphatic heterocycles. The number of ether oxygens (including phenoxy) is 2. The van der Waals surface area contributed by atoms with Gasteiger partial charge < -0.3 is 14.8 Å². The minimum Gasteiger partial charge on any atom is -0.497 e. The van der Waals surface area contributed by atoms with Gasteiger partial charge in [-0.25, -0.2) is 9.78 Å². The van der Waals surface area contributed by atoms with E-state index in [4.69, 9.17) is 21.1 Å². The summed E-state index contributed by atoms with van der Waals surface area (Å²) in [6, 6.07) is 11.7. The van der Waals surface area contributed by atoms with Crippen LogP contribution >= 0.6 is 11.6 Å². The largest absolute Gasteiger partial charge is 0.497 e. The zero-order chi connectivity index (χ0) is 19.8. The number of anilines is 1. The summed E-state index contributed by atoms with van der Waals surface area (Å²) in [7, 11) is 1.51. The van der Waals surface area contributed by atoms with Crippen molar-refractivity contribution in [1.29, 1.82) is 5.26 Å². The van der Waals surface area contributed by atoms with E-state index in [1.807, 2.05) is 0 Å². The molecule has 0 bridgehead atoms. The average Bonchev–Trinajstić information content (AvgIpc) is 2.67. The molecule has 27 heavy (non-hydrogen) atoms. The van der Waals surface area contributed by atoms with Gasteiger partial charge in [0.2, 0.25) is 0 Å². The fraction of sp³-hybridized carbons (Fsp3) is 0.158. The lowest BCUT2D eigenvalue weighted by Crippen LogP contribution is -2.30. The van der Waals surface area contributed by atoms with Crippen LogP contribution in [0.5, 0.6) is 5.75 Å². The van der Waals surface area contributed by atoms with Gasteiger partial charge in [-0.3, -0.25) is 4.79 Å². The number of benzene rings is 1. The molecule has 0 spiro atoms. The van der Waals surface area contributed by atoms with Crippen LogP contribution < -0.4 is 10.1 Å². The van der Waals surface area contributed by atoms with Crippen LogP contribution in [0.3, 0.4) is 0 Å². The number of hydrogen-bond donors (Lipinski definition) is 1. The topological polar surface area (TPSA) is 101 Å². The average molecular weight is 386 g/mol. The van der Waals surface area contributed by atoms with Gasteiger partial charge in [0.1, 0.15) is 17.4 Å². The Labute approximate surface area is 161 Å². The number of nitrogens with one attached hydrogen (secondary N) is 1. The van der Waals surface area contributed by atoms with E-state index in [-0.39, 0.29) is 10.7 Å². The third kappa shape index (κ3) is 5.56. The lowest BCUT2D eigenvalue weighted by atomic mass is 10.1. The van der Waals surface area contributed by atoms with E-state index in [9.17, 15) is 14.9 Å². The molecule has 1 aromatic carbocycles. The Morgan fingerprint density at radius 2 is 2.11 bits per heavy atom. The van der Waals surface area contributed by atoms with Gasteiger partial charge in [0.15, 0.2) is 11.3 Å². The van der Waals surface area contributed by atoms with E-state index in [0.29, 0.717) is 17.0 Å². The van der Waals surface area contributed by atoms with Gasteiger partial charge in [-0.2, -0.15) is 5.26 Å². The first-order valence-electron chi connectivity index (χ1n) is 7.82. The molecule has 0 saturated heterocycles. The number of carbonyl (C=O) groups is 2. The van der Waals surface area contributed by atoms with Crippen LogP contribution in [0.2, 0.25) is 5.15 Å². The van der Waals surface area contributed by atoms with Crippen molar-refractivity contribution >= 4 is 35.2 Å². The quantitative estimate of drug-likeness (QED) is 0.354. The molecule has 0 unspecified atom stereocenters. The Hall–Kier alpha value is -3.37. The highest BCUT2D eigenvalue weighted by Crippen LogP contribution is 2.19. The number of hydrogen-bond acceptors (Lipinski definition) is 6. The standard InChI is InChI=1S/C19H16ClN3O4/c1-12(18(24)23-16-7-4-8-22-17(16)20)27-19(25)14(11-21)9-13-5-3-6-15(10-13)26-2/h3-10,12H,1-2H3,(H,23,24)/b14-9+/t12-/m0/s1. The molecule has 0 aliphatic carbocycles. The van der Waals surface area contributed by atoms with Gasteiger partial charge in [0.25, 0.3) is 5.91 Å². The van der Waals surface area contributed by atoms with Gasteiger partial charge in [-0.15, -0.1) is 0 Å². The number of nitrogens with zero attached hydrogens (tertiary/aromatic N) is 2. The molecule has 1 atom stereocenters. The molecular formula is C19H16ClN3O4. The van der Waals surface area contributed by atoms with Crippen LogP contribution in [0.25, 0.3) is 6.08 Å². The summed E-state index contributed by atoms with van der Waals surface area (Å²) in [5.41, 5.74) is 0.629. The number of pyridine rings is 1. The number of nitriles is 1. The van der Waals surface area contributed by atoms with E-state index in [1.165, 1.54) is 26.3 Å². The third-order valence-electron chi connectivity index (χ3n) is 3.42.